The Morgan fingerprint density at radius 1 is 1.29 bits per heavy atom. The summed E-state index contributed by atoms with van der Waals surface area (Å²) < 4.78 is 12.2. The van der Waals surface area contributed by atoms with Crippen LogP contribution in [0, 0.1) is 0 Å². The number of nitrogens with zero attached hydrogens (tertiary/aromatic N) is 1. The molecule has 1 aliphatic heterocycles. The lowest BCUT2D eigenvalue weighted by Gasteiger charge is -2.19. The average Bonchev–Trinajstić information content (AvgIpc) is 2.58. The van der Waals surface area contributed by atoms with Gasteiger partial charge >= 0.3 is 0 Å². The van der Waals surface area contributed by atoms with Gasteiger partial charge in [-0.25, -0.2) is 0 Å². The van der Waals surface area contributed by atoms with Gasteiger partial charge in [0.1, 0.15) is 12.4 Å². The van der Waals surface area contributed by atoms with Crippen LogP contribution in [0.5, 0.6) is 5.75 Å². The minimum absolute atomic E-state index is 0.733. The molecule has 1 saturated heterocycles. The standard InChI is InChI=1S/C13H18BrNO2/c14-12-3-1-4-13(11-12)17-10-7-15-5-2-8-16-9-6-15/h1,3-4,11H,2,5-10H2. The molecule has 0 N–H and O–H groups in total. The number of rotatable bonds is 4. The molecular weight excluding hydrogens is 282 g/mol. The zero-order chi connectivity index (χ0) is 11.9. The molecule has 4 heteroatoms. The third kappa shape index (κ3) is 4.66. The van der Waals surface area contributed by atoms with E-state index in [-0.39, 0.29) is 0 Å². The summed E-state index contributed by atoms with van der Waals surface area (Å²) in [5, 5.41) is 0. The van der Waals surface area contributed by atoms with Crippen LogP contribution in [0.15, 0.2) is 28.7 Å². The first kappa shape index (κ1) is 12.9. The summed E-state index contributed by atoms with van der Waals surface area (Å²) in [7, 11) is 0. The molecule has 0 atom stereocenters. The SMILES string of the molecule is Brc1cccc(OCCN2CCCOCC2)c1. The van der Waals surface area contributed by atoms with Crippen molar-refractivity contribution < 1.29 is 9.47 Å². The highest BCUT2D eigenvalue weighted by molar-refractivity contribution is 9.10. The van der Waals surface area contributed by atoms with Gasteiger partial charge in [-0.05, 0) is 24.6 Å². The maximum absolute atomic E-state index is 5.72. The molecule has 1 fully saturated rings. The van der Waals surface area contributed by atoms with Gasteiger partial charge in [0.25, 0.3) is 0 Å². The Morgan fingerprint density at radius 2 is 2.24 bits per heavy atom. The Labute approximate surface area is 111 Å². The molecule has 94 valence electrons. The Balaban J connectivity index is 1.71. The molecule has 1 aliphatic rings. The van der Waals surface area contributed by atoms with E-state index in [1.165, 1.54) is 0 Å². The first-order valence-corrected chi connectivity index (χ1v) is 6.82. The Kier molecular flexibility index (Phi) is 5.29. The minimum atomic E-state index is 0.733. The number of benzene rings is 1. The largest absolute Gasteiger partial charge is 0.492 e. The molecule has 17 heavy (non-hydrogen) atoms. The lowest BCUT2D eigenvalue weighted by Crippen LogP contribution is -2.30. The molecule has 0 radical (unpaired) electrons. The lowest BCUT2D eigenvalue weighted by molar-refractivity contribution is 0.137. The third-order valence-corrected chi connectivity index (χ3v) is 3.28. The average molecular weight is 300 g/mol. The van der Waals surface area contributed by atoms with E-state index in [1.54, 1.807) is 0 Å². The summed E-state index contributed by atoms with van der Waals surface area (Å²) in [5.41, 5.74) is 0. The van der Waals surface area contributed by atoms with Crippen LogP contribution in [0.1, 0.15) is 6.42 Å². The van der Waals surface area contributed by atoms with Crippen LogP contribution in [-0.2, 0) is 4.74 Å². The van der Waals surface area contributed by atoms with E-state index in [0.29, 0.717) is 0 Å². The monoisotopic (exact) mass is 299 g/mol. The molecule has 0 spiro atoms. The normalized spacial score (nSPS) is 17.7. The fraction of sp³-hybridized carbons (Fsp3) is 0.538. The summed E-state index contributed by atoms with van der Waals surface area (Å²) >= 11 is 3.43. The predicted octanol–water partition coefficient (Wildman–Crippen LogP) is 2.55. The van der Waals surface area contributed by atoms with Gasteiger partial charge in [0.2, 0.25) is 0 Å². The van der Waals surface area contributed by atoms with E-state index in [4.69, 9.17) is 9.47 Å². The second-order valence-electron chi connectivity index (χ2n) is 4.11. The first-order valence-electron chi connectivity index (χ1n) is 6.03. The second kappa shape index (κ2) is 6.99. The number of ether oxygens (including phenoxy) is 2. The maximum Gasteiger partial charge on any atom is 0.120 e. The Hall–Kier alpha value is -0.580. The molecule has 3 nitrogen and oxygen atoms in total. The van der Waals surface area contributed by atoms with E-state index >= 15 is 0 Å². The zero-order valence-electron chi connectivity index (χ0n) is 9.90. The zero-order valence-corrected chi connectivity index (χ0v) is 11.5. The smallest absolute Gasteiger partial charge is 0.120 e. The van der Waals surface area contributed by atoms with Gasteiger partial charge in [0.05, 0.1) is 6.61 Å². The fourth-order valence-electron chi connectivity index (χ4n) is 1.87. The van der Waals surface area contributed by atoms with Crippen molar-refractivity contribution in [1.29, 1.82) is 0 Å². The van der Waals surface area contributed by atoms with Crippen LogP contribution >= 0.6 is 15.9 Å². The number of halogens is 1. The third-order valence-electron chi connectivity index (χ3n) is 2.79. The van der Waals surface area contributed by atoms with Crippen LogP contribution in [-0.4, -0.2) is 44.4 Å². The van der Waals surface area contributed by atoms with Crippen LogP contribution < -0.4 is 4.74 Å². The van der Waals surface area contributed by atoms with Gasteiger partial charge in [-0.1, -0.05) is 22.0 Å². The maximum atomic E-state index is 5.72. The Morgan fingerprint density at radius 3 is 3.12 bits per heavy atom. The summed E-state index contributed by atoms with van der Waals surface area (Å²) in [5.74, 6) is 0.922. The topological polar surface area (TPSA) is 21.7 Å². The molecule has 0 aromatic heterocycles. The predicted molar refractivity (Wildman–Crippen MR) is 71.5 cm³/mol. The summed E-state index contributed by atoms with van der Waals surface area (Å²) in [4.78, 5) is 2.39. The van der Waals surface area contributed by atoms with E-state index in [1.807, 2.05) is 24.3 Å². The molecule has 0 bridgehead atoms. The molecule has 1 aromatic carbocycles. The van der Waals surface area contributed by atoms with Gasteiger partial charge in [-0.15, -0.1) is 0 Å². The molecule has 1 aromatic rings. The summed E-state index contributed by atoms with van der Waals surface area (Å²) in [6.45, 7) is 5.57. The van der Waals surface area contributed by atoms with Crippen molar-refractivity contribution in [3.8, 4) is 5.75 Å². The summed E-state index contributed by atoms with van der Waals surface area (Å²) in [6.07, 6.45) is 1.12. The van der Waals surface area contributed by atoms with E-state index in [9.17, 15) is 0 Å². The van der Waals surface area contributed by atoms with Gasteiger partial charge < -0.3 is 9.47 Å². The highest BCUT2D eigenvalue weighted by atomic mass is 79.9. The van der Waals surface area contributed by atoms with Crippen molar-refractivity contribution in [2.45, 2.75) is 6.42 Å². The molecule has 2 rings (SSSR count). The van der Waals surface area contributed by atoms with Crippen molar-refractivity contribution in [2.75, 3.05) is 39.5 Å². The van der Waals surface area contributed by atoms with E-state index in [0.717, 1.165) is 56.1 Å². The summed E-state index contributed by atoms with van der Waals surface area (Å²) in [6, 6.07) is 7.96. The van der Waals surface area contributed by atoms with Crippen molar-refractivity contribution in [2.24, 2.45) is 0 Å². The van der Waals surface area contributed by atoms with Crippen LogP contribution in [0.2, 0.25) is 0 Å². The van der Waals surface area contributed by atoms with E-state index in [2.05, 4.69) is 20.8 Å². The second-order valence-corrected chi connectivity index (χ2v) is 5.03. The van der Waals surface area contributed by atoms with Crippen LogP contribution in [0.25, 0.3) is 0 Å². The fourth-order valence-corrected chi connectivity index (χ4v) is 2.25. The lowest BCUT2D eigenvalue weighted by atomic mass is 10.3. The van der Waals surface area contributed by atoms with Gasteiger partial charge in [-0.3, -0.25) is 4.90 Å². The molecule has 1 heterocycles. The highest BCUT2D eigenvalue weighted by Crippen LogP contribution is 2.17. The first-order chi connectivity index (χ1) is 8.34. The number of hydrogen-bond acceptors (Lipinski definition) is 3. The van der Waals surface area contributed by atoms with Gasteiger partial charge in [-0.2, -0.15) is 0 Å². The van der Waals surface area contributed by atoms with E-state index < -0.39 is 0 Å². The molecule has 0 unspecified atom stereocenters. The molecule has 0 saturated carbocycles. The Bertz CT molecular complexity index is 338. The minimum Gasteiger partial charge on any atom is -0.492 e. The highest BCUT2D eigenvalue weighted by Gasteiger charge is 2.08. The van der Waals surface area contributed by atoms with Crippen molar-refractivity contribution >= 4 is 15.9 Å². The number of hydrogen-bond donors (Lipinski definition) is 0. The van der Waals surface area contributed by atoms with Gasteiger partial charge in [0.15, 0.2) is 0 Å². The van der Waals surface area contributed by atoms with Crippen LogP contribution in [0.4, 0.5) is 0 Å². The van der Waals surface area contributed by atoms with Crippen molar-refractivity contribution in [3.63, 3.8) is 0 Å². The molecule has 0 aliphatic carbocycles. The van der Waals surface area contributed by atoms with Gasteiger partial charge in [0, 0.05) is 30.7 Å². The quantitative estimate of drug-likeness (QED) is 0.853. The molecular formula is C13H18BrNO2. The van der Waals surface area contributed by atoms with Crippen molar-refractivity contribution in [1.82, 2.24) is 4.90 Å². The van der Waals surface area contributed by atoms with Crippen molar-refractivity contribution in [3.05, 3.63) is 28.7 Å². The van der Waals surface area contributed by atoms with Crippen LogP contribution in [0.3, 0.4) is 0 Å². The molecule has 0 amide bonds.